The number of benzene rings is 2. The zero-order valence-electron chi connectivity index (χ0n) is 16.7. The number of carbonyl (C=O) groups is 1. The average molecular weight is 404 g/mol. The molecule has 0 aliphatic heterocycles. The molecule has 0 unspecified atom stereocenters. The van der Waals surface area contributed by atoms with Crippen LogP contribution in [0, 0.1) is 0 Å². The van der Waals surface area contributed by atoms with Gasteiger partial charge in [-0.2, -0.15) is 0 Å². The maximum Gasteiger partial charge on any atom is 0.225 e. The summed E-state index contributed by atoms with van der Waals surface area (Å²) in [6, 6.07) is 20.9. The van der Waals surface area contributed by atoms with Crippen LogP contribution in [0.25, 0.3) is 10.9 Å². The van der Waals surface area contributed by atoms with E-state index < -0.39 is 0 Å². The quantitative estimate of drug-likeness (QED) is 0.466. The zero-order valence-corrected chi connectivity index (χ0v) is 17.5. The highest BCUT2D eigenvalue weighted by Crippen LogP contribution is 2.31. The minimum Gasteiger partial charge on any atom is -0.378 e. The molecule has 29 heavy (non-hydrogen) atoms. The van der Waals surface area contributed by atoms with Gasteiger partial charge in [-0.3, -0.25) is 4.79 Å². The highest BCUT2D eigenvalue weighted by atomic mass is 32.1. The molecule has 0 spiro atoms. The van der Waals surface area contributed by atoms with E-state index in [1.165, 1.54) is 16.5 Å². The van der Waals surface area contributed by atoms with Crippen molar-refractivity contribution in [3.05, 3.63) is 88.2 Å². The van der Waals surface area contributed by atoms with E-state index in [-0.39, 0.29) is 11.8 Å². The molecule has 2 N–H and O–H groups in total. The molecule has 0 fully saturated rings. The second kappa shape index (κ2) is 8.53. The number of anilines is 1. The maximum atomic E-state index is 12.5. The predicted molar refractivity (Wildman–Crippen MR) is 122 cm³/mol. The number of fused-ring (bicyclic) bond motifs is 1. The molecule has 5 heteroatoms. The predicted octanol–water partition coefficient (Wildman–Crippen LogP) is 4.79. The molecule has 1 amide bonds. The minimum atomic E-state index is 0.0576. The fraction of sp³-hybridized carbons (Fsp3) is 0.208. The second-order valence-electron chi connectivity index (χ2n) is 7.39. The molecule has 0 saturated carbocycles. The fourth-order valence-electron chi connectivity index (χ4n) is 3.64. The monoisotopic (exact) mass is 403 g/mol. The van der Waals surface area contributed by atoms with Crippen LogP contribution in [0.15, 0.2) is 72.2 Å². The first kappa shape index (κ1) is 19.3. The Kier molecular flexibility index (Phi) is 5.67. The average Bonchev–Trinajstić information content (AvgIpc) is 3.39. The first-order valence-corrected chi connectivity index (χ1v) is 10.6. The number of hydrogen-bond donors (Lipinski definition) is 2. The number of nitrogens with zero attached hydrogens (tertiary/aromatic N) is 1. The summed E-state index contributed by atoms with van der Waals surface area (Å²) in [6.45, 7) is 0.563. The first-order chi connectivity index (χ1) is 14.1. The van der Waals surface area contributed by atoms with E-state index in [0.717, 1.165) is 16.1 Å². The SMILES string of the molecule is CN(C)c1ccc([C@H](CNC(=O)Cc2cccs2)c2c[nH]c3ccccc23)cc1. The molecule has 4 nitrogen and oxygen atoms in total. The van der Waals surface area contributed by atoms with Crippen LogP contribution in [0.2, 0.25) is 0 Å². The van der Waals surface area contributed by atoms with Gasteiger partial charge in [-0.1, -0.05) is 36.4 Å². The van der Waals surface area contributed by atoms with Gasteiger partial charge in [0.05, 0.1) is 6.42 Å². The molecule has 4 aromatic rings. The van der Waals surface area contributed by atoms with Crippen molar-refractivity contribution in [1.29, 1.82) is 0 Å². The van der Waals surface area contributed by atoms with E-state index in [0.29, 0.717) is 13.0 Å². The number of H-pyrrole nitrogens is 1. The number of thiophene rings is 1. The van der Waals surface area contributed by atoms with Crippen LogP contribution in [0.3, 0.4) is 0 Å². The van der Waals surface area contributed by atoms with Crippen molar-refractivity contribution in [3.8, 4) is 0 Å². The minimum absolute atomic E-state index is 0.0576. The topological polar surface area (TPSA) is 48.1 Å². The molecule has 1 atom stereocenters. The third-order valence-corrected chi connectivity index (χ3v) is 6.10. The summed E-state index contributed by atoms with van der Waals surface area (Å²) in [5.74, 6) is 0.136. The summed E-state index contributed by atoms with van der Waals surface area (Å²) in [5.41, 5.74) is 4.67. The number of aromatic nitrogens is 1. The molecule has 2 heterocycles. The van der Waals surface area contributed by atoms with Crippen molar-refractivity contribution in [2.75, 3.05) is 25.5 Å². The standard InChI is InChI=1S/C24H25N3OS/c1-27(2)18-11-9-17(10-12-18)21(15-26-24(28)14-19-6-5-13-29-19)22-16-25-23-8-4-3-7-20(22)23/h3-13,16,21,25H,14-15H2,1-2H3,(H,26,28)/t21-/m0/s1. The zero-order chi connectivity index (χ0) is 20.2. The van der Waals surface area contributed by atoms with E-state index in [9.17, 15) is 4.79 Å². The van der Waals surface area contributed by atoms with E-state index in [1.807, 2.05) is 37.7 Å². The van der Waals surface area contributed by atoms with Gasteiger partial charge in [0, 0.05) is 54.2 Å². The van der Waals surface area contributed by atoms with Gasteiger partial charge in [0.15, 0.2) is 0 Å². The van der Waals surface area contributed by atoms with Crippen molar-refractivity contribution in [2.24, 2.45) is 0 Å². The van der Waals surface area contributed by atoms with Crippen LogP contribution >= 0.6 is 11.3 Å². The molecule has 0 aliphatic carbocycles. The normalized spacial score (nSPS) is 12.1. The van der Waals surface area contributed by atoms with Crippen LogP contribution in [0.5, 0.6) is 0 Å². The molecule has 0 saturated heterocycles. The van der Waals surface area contributed by atoms with Crippen molar-refractivity contribution in [3.63, 3.8) is 0 Å². The Hall–Kier alpha value is -3.05. The highest BCUT2D eigenvalue weighted by molar-refractivity contribution is 7.10. The van der Waals surface area contributed by atoms with Crippen LogP contribution in [0.1, 0.15) is 21.9 Å². The van der Waals surface area contributed by atoms with Crippen molar-refractivity contribution < 1.29 is 4.79 Å². The Balaban J connectivity index is 1.61. The number of aromatic amines is 1. The molecule has 0 aliphatic rings. The van der Waals surface area contributed by atoms with Crippen LogP contribution in [-0.4, -0.2) is 31.5 Å². The third kappa shape index (κ3) is 4.35. The first-order valence-electron chi connectivity index (χ1n) is 9.74. The summed E-state index contributed by atoms with van der Waals surface area (Å²) in [7, 11) is 4.08. The van der Waals surface area contributed by atoms with Gasteiger partial charge in [-0.05, 0) is 40.8 Å². The number of para-hydroxylation sites is 1. The molecule has 0 bridgehead atoms. The van der Waals surface area contributed by atoms with Gasteiger partial charge in [-0.15, -0.1) is 11.3 Å². The molecule has 2 aromatic carbocycles. The Labute approximate surface area is 175 Å². The van der Waals surface area contributed by atoms with Gasteiger partial charge in [0.1, 0.15) is 0 Å². The number of carbonyl (C=O) groups excluding carboxylic acids is 1. The third-order valence-electron chi connectivity index (χ3n) is 5.23. The van der Waals surface area contributed by atoms with Gasteiger partial charge >= 0.3 is 0 Å². The lowest BCUT2D eigenvalue weighted by Gasteiger charge is -2.20. The maximum absolute atomic E-state index is 12.5. The fourth-order valence-corrected chi connectivity index (χ4v) is 4.35. The summed E-state index contributed by atoms with van der Waals surface area (Å²) in [5, 5.41) is 6.35. The molecule has 0 radical (unpaired) electrons. The van der Waals surface area contributed by atoms with Crippen LogP contribution < -0.4 is 10.2 Å². The van der Waals surface area contributed by atoms with Crippen molar-refractivity contribution in [2.45, 2.75) is 12.3 Å². The summed E-state index contributed by atoms with van der Waals surface area (Å²) >= 11 is 1.62. The molecular weight excluding hydrogens is 378 g/mol. The van der Waals surface area contributed by atoms with Crippen LogP contribution in [-0.2, 0) is 11.2 Å². The molecule has 4 rings (SSSR count). The number of hydrogen-bond acceptors (Lipinski definition) is 3. The molecular formula is C24H25N3OS. The van der Waals surface area contributed by atoms with Gasteiger partial charge < -0.3 is 15.2 Å². The smallest absolute Gasteiger partial charge is 0.225 e. The van der Waals surface area contributed by atoms with E-state index in [2.05, 4.69) is 63.9 Å². The Bertz CT molecular complexity index is 1080. The number of rotatable bonds is 7. The second-order valence-corrected chi connectivity index (χ2v) is 8.42. The van der Waals surface area contributed by atoms with Gasteiger partial charge in [0.25, 0.3) is 0 Å². The lowest BCUT2D eigenvalue weighted by Crippen LogP contribution is -2.30. The summed E-state index contributed by atoms with van der Waals surface area (Å²) in [6.07, 6.45) is 2.50. The summed E-state index contributed by atoms with van der Waals surface area (Å²) in [4.78, 5) is 19.1. The molecule has 2 aromatic heterocycles. The van der Waals surface area contributed by atoms with E-state index in [4.69, 9.17) is 0 Å². The Morgan fingerprint density at radius 1 is 1.07 bits per heavy atom. The Morgan fingerprint density at radius 3 is 2.59 bits per heavy atom. The van der Waals surface area contributed by atoms with E-state index in [1.54, 1.807) is 11.3 Å². The number of amides is 1. The molecule has 148 valence electrons. The van der Waals surface area contributed by atoms with Gasteiger partial charge in [0.2, 0.25) is 5.91 Å². The lowest BCUT2D eigenvalue weighted by atomic mass is 9.90. The number of nitrogens with one attached hydrogen (secondary N) is 2. The van der Waals surface area contributed by atoms with Crippen molar-refractivity contribution >= 4 is 33.8 Å². The van der Waals surface area contributed by atoms with E-state index >= 15 is 0 Å². The lowest BCUT2D eigenvalue weighted by molar-refractivity contribution is -0.120. The largest absolute Gasteiger partial charge is 0.378 e. The van der Waals surface area contributed by atoms with Crippen LogP contribution in [0.4, 0.5) is 5.69 Å². The van der Waals surface area contributed by atoms with Gasteiger partial charge in [-0.25, -0.2) is 0 Å². The highest BCUT2D eigenvalue weighted by Gasteiger charge is 2.19. The summed E-state index contributed by atoms with van der Waals surface area (Å²) < 4.78 is 0. The Morgan fingerprint density at radius 2 is 1.86 bits per heavy atom. The van der Waals surface area contributed by atoms with Crippen molar-refractivity contribution in [1.82, 2.24) is 10.3 Å².